The molecule has 1 amide bonds. The average molecular weight is 427 g/mol. The second kappa shape index (κ2) is 8.23. The van der Waals surface area contributed by atoms with Crippen LogP contribution in [0.1, 0.15) is 32.5 Å². The summed E-state index contributed by atoms with van der Waals surface area (Å²) in [5.41, 5.74) is 6.76. The molecule has 0 aromatic carbocycles. The van der Waals surface area contributed by atoms with Crippen molar-refractivity contribution in [3.05, 3.63) is 40.7 Å². The number of hydrogen-bond donors (Lipinski definition) is 1. The van der Waals surface area contributed by atoms with E-state index in [1.807, 2.05) is 6.92 Å². The summed E-state index contributed by atoms with van der Waals surface area (Å²) in [5, 5.41) is 0.884. The van der Waals surface area contributed by atoms with E-state index < -0.39 is 5.91 Å². The first-order valence-corrected chi connectivity index (χ1v) is 10.5. The number of nitrogens with zero attached hydrogens (tertiary/aromatic N) is 5. The van der Waals surface area contributed by atoms with Crippen LogP contribution in [0, 0.1) is 6.92 Å². The molecule has 0 atom stereocenters. The number of esters is 1. The van der Waals surface area contributed by atoms with E-state index in [1.165, 1.54) is 17.7 Å². The summed E-state index contributed by atoms with van der Waals surface area (Å²) in [6, 6.07) is 3.40. The van der Waals surface area contributed by atoms with Crippen LogP contribution in [0.4, 0.5) is 11.6 Å². The third kappa shape index (κ3) is 3.54. The lowest BCUT2D eigenvalue weighted by atomic mass is 10.1. The molecule has 0 radical (unpaired) electrons. The number of carbonyl (C=O) groups excluding carboxylic acids is 2. The van der Waals surface area contributed by atoms with Crippen LogP contribution in [0.2, 0.25) is 0 Å². The standard InChI is InChI=1S/C20H22N6O3S/c1-3-29-20(28)15-12(2)14-18(23-11-24-19(14)30-15)26-9-7-25(8-10-26)17-13(16(21)27)5-4-6-22-17/h4-6,11H,3,7-10H2,1-2H3,(H2,21,27). The molecule has 30 heavy (non-hydrogen) atoms. The number of piperazine rings is 1. The van der Waals surface area contributed by atoms with Crippen molar-refractivity contribution in [1.29, 1.82) is 0 Å². The molecule has 0 aliphatic carbocycles. The number of pyridine rings is 1. The molecule has 156 valence electrons. The molecule has 2 N–H and O–H groups in total. The molecule has 9 nitrogen and oxygen atoms in total. The maximum atomic E-state index is 12.3. The number of anilines is 2. The Kier molecular flexibility index (Phi) is 5.49. The Labute approximate surface area is 177 Å². The molecule has 10 heteroatoms. The maximum absolute atomic E-state index is 12.3. The van der Waals surface area contributed by atoms with Gasteiger partial charge in [-0.2, -0.15) is 0 Å². The second-order valence-corrected chi connectivity index (χ2v) is 7.87. The van der Waals surface area contributed by atoms with E-state index in [0.717, 1.165) is 21.6 Å². The molecule has 4 rings (SSSR count). The summed E-state index contributed by atoms with van der Waals surface area (Å²) in [4.78, 5) is 42.8. The summed E-state index contributed by atoms with van der Waals surface area (Å²) in [6.45, 7) is 6.72. The lowest BCUT2D eigenvalue weighted by Crippen LogP contribution is -2.47. The van der Waals surface area contributed by atoms with Gasteiger partial charge in [0.1, 0.15) is 27.7 Å². The summed E-state index contributed by atoms with van der Waals surface area (Å²) in [7, 11) is 0. The first-order chi connectivity index (χ1) is 14.5. The zero-order valence-electron chi connectivity index (χ0n) is 16.8. The van der Waals surface area contributed by atoms with Gasteiger partial charge in [0.15, 0.2) is 0 Å². The quantitative estimate of drug-likeness (QED) is 0.616. The molecule has 1 fully saturated rings. The minimum atomic E-state index is -0.488. The number of aryl methyl sites for hydroxylation is 1. The highest BCUT2D eigenvalue weighted by Crippen LogP contribution is 2.35. The number of amides is 1. The molecule has 1 aliphatic heterocycles. The van der Waals surface area contributed by atoms with Gasteiger partial charge in [0.25, 0.3) is 5.91 Å². The Morgan fingerprint density at radius 3 is 2.50 bits per heavy atom. The molecule has 0 spiro atoms. The monoisotopic (exact) mass is 426 g/mol. The highest BCUT2D eigenvalue weighted by atomic mass is 32.1. The van der Waals surface area contributed by atoms with E-state index in [1.54, 1.807) is 25.3 Å². The maximum Gasteiger partial charge on any atom is 0.348 e. The lowest BCUT2D eigenvalue weighted by molar-refractivity contribution is 0.0531. The normalized spacial score (nSPS) is 14.2. The number of nitrogens with two attached hydrogens (primary N) is 1. The molecular formula is C20H22N6O3S. The van der Waals surface area contributed by atoms with Crippen LogP contribution in [-0.2, 0) is 4.74 Å². The fraction of sp³-hybridized carbons (Fsp3) is 0.350. The molecular weight excluding hydrogens is 404 g/mol. The lowest BCUT2D eigenvalue weighted by Gasteiger charge is -2.36. The summed E-state index contributed by atoms with van der Waals surface area (Å²) < 4.78 is 5.18. The molecule has 1 saturated heterocycles. The number of carbonyl (C=O) groups is 2. The topological polar surface area (TPSA) is 115 Å². The fourth-order valence-electron chi connectivity index (χ4n) is 3.66. The van der Waals surface area contributed by atoms with Gasteiger partial charge in [0, 0.05) is 32.4 Å². The van der Waals surface area contributed by atoms with E-state index in [-0.39, 0.29) is 5.97 Å². The number of primary amides is 1. The van der Waals surface area contributed by atoms with Crippen molar-refractivity contribution in [2.45, 2.75) is 13.8 Å². The highest BCUT2D eigenvalue weighted by Gasteiger charge is 2.26. The van der Waals surface area contributed by atoms with Gasteiger partial charge < -0.3 is 20.3 Å². The van der Waals surface area contributed by atoms with Gasteiger partial charge in [-0.1, -0.05) is 0 Å². The van der Waals surface area contributed by atoms with Gasteiger partial charge in [-0.3, -0.25) is 4.79 Å². The summed E-state index contributed by atoms with van der Waals surface area (Å²) in [5.74, 6) is 0.593. The smallest absolute Gasteiger partial charge is 0.348 e. The van der Waals surface area contributed by atoms with Crippen molar-refractivity contribution in [3.8, 4) is 0 Å². The highest BCUT2D eigenvalue weighted by molar-refractivity contribution is 7.20. The summed E-state index contributed by atoms with van der Waals surface area (Å²) in [6.07, 6.45) is 3.19. The van der Waals surface area contributed by atoms with E-state index in [9.17, 15) is 9.59 Å². The molecule has 1 aliphatic rings. The van der Waals surface area contributed by atoms with Gasteiger partial charge in [-0.25, -0.2) is 19.7 Å². The Morgan fingerprint density at radius 2 is 1.83 bits per heavy atom. The van der Waals surface area contributed by atoms with Crippen molar-refractivity contribution >= 4 is 45.1 Å². The molecule has 3 aromatic rings. The van der Waals surface area contributed by atoms with Crippen LogP contribution in [-0.4, -0.2) is 59.6 Å². The number of ether oxygens (including phenoxy) is 1. The van der Waals surface area contributed by atoms with Crippen molar-refractivity contribution < 1.29 is 14.3 Å². The third-order valence-electron chi connectivity index (χ3n) is 5.10. The average Bonchev–Trinajstić information content (AvgIpc) is 3.11. The van der Waals surface area contributed by atoms with Crippen molar-refractivity contribution in [3.63, 3.8) is 0 Å². The molecule has 0 unspecified atom stereocenters. The van der Waals surface area contributed by atoms with Crippen LogP contribution in [0.5, 0.6) is 0 Å². The zero-order chi connectivity index (χ0) is 21.3. The Balaban J connectivity index is 1.60. The SMILES string of the molecule is CCOC(=O)c1sc2ncnc(N3CCN(c4ncccc4C(N)=O)CC3)c2c1C. The van der Waals surface area contributed by atoms with Gasteiger partial charge >= 0.3 is 5.97 Å². The predicted molar refractivity (Wildman–Crippen MR) is 115 cm³/mol. The van der Waals surface area contributed by atoms with Crippen LogP contribution < -0.4 is 15.5 Å². The Bertz CT molecular complexity index is 1110. The van der Waals surface area contributed by atoms with Gasteiger partial charge in [-0.05, 0) is 31.5 Å². The molecule has 4 heterocycles. The van der Waals surface area contributed by atoms with E-state index in [4.69, 9.17) is 10.5 Å². The van der Waals surface area contributed by atoms with E-state index in [2.05, 4.69) is 24.8 Å². The van der Waals surface area contributed by atoms with Crippen molar-refractivity contribution in [2.24, 2.45) is 5.73 Å². The summed E-state index contributed by atoms with van der Waals surface area (Å²) >= 11 is 1.33. The van der Waals surface area contributed by atoms with Gasteiger partial charge in [0.05, 0.1) is 17.6 Å². The number of hydrogen-bond acceptors (Lipinski definition) is 9. The Hall–Kier alpha value is -3.27. The number of thiophene rings is 1. The van der Waals surface area contributed by atoms with Crippen molar-refractivity contribution in [1.82, 2.24) is 15.0 Å². The molecule has 3 aromatic heterocycles. The van der Waals surface area contributed by atoms with Crippen molar-refractivity contribution in [2.75, 3.05) is 42.6 Å². The van der Waals surface area contributed by atoms with Crippen LogP contribution in [0.25, 0.3) is 10.2 Å². The van der Waals surface area contributed by atoms with E-state index >= 15 is 0 Å². The first kappa shape index (κ1) is 20.0. The van der Waals surface area contributed by atoms with Crippen LogP contribution >= 0.6 is 11.3 Å². The van der Waals surface area contributed by atoms with Gasteiger partial charge in [0.2, 0.25) is 0 Å². The minimum absolute atomic E-state index is 0.327. The molecule has 0 saturated carbocycles. The van der Waals surface area contributed by atoms with Crippen LogP contribution in [0.3, 0.4) is 0 Å². The largest absolute Gasteiger partial charge is 0.462 e. The second-order valence-electron chi connectivity index (χ2n) is 6.87. The number of fused-ring (bicyclic) bond motifs is 1. The van der Waals surface area contributed by atoms with E-state index in [0.29, 0.717) is 49.0 Å². The Morgan fingerprint density at radius 1 is 1.13 bits per heavy atom. The number of aromatic nitrogens is 3. The first-order valence-electron chi connectivity index (χ1n) is 9.67. The fourth-order valence-corrected chi connectivity index (χ4v) is 4.69. The zero-order valence-corrected chi connectivity index (χ0v) is 17.6. The molecule has 0 bridgehead atoms. The van der Waals surface area contributed by atoms with Gasteiger partial charge in [-0.15, -0.1) is 11.3 Å². The van der Waals surface area contributed by atoms with Crippen LogP contribution in [0.15, 0.2) is 24.7 Å². The number of rotatable bonds is 5. The minimum Gasteiger partial charge on any atom is -0.462 e. The third-order valence-corrected chi connectivity index (χ3v) is 6.28. The predicted octanol–water partition coefficient (Wildman–Crippen LogP) is 2.00.